The lowest BCUT2D eigenvalue weighted by atomic mass is 9.84. The Balaban J connectivity index is 2.03. The van der Waals surface area contributed by atoms with Crippen LogP contribution in [0.2, 0.25) is 0 Å². The third kappa shape index (κ3) is 4.36. The van der Waals surface area contributed by atoms with Crippen molar-refractivity contribution in [1.29, 1.82) is 0 Å². The molecule has 1 aromatic rings. The van der Waals surface area contributed by atoms with Gasteiger partial charge in [0.25, 0.3) is 0 Å². The van der Waals surface area contributed by atoms with Crippen molar-refractivity contribution in [3.05, 3.63) is 35.9 Å². The standard InChI is InChI=1S/C17H25NO2/c1-14(13-18)20-16-7-5-6-15(12-16)8-11-17(19)9-3-2-4-10-17/h5-8,11-12,14,19H,2-4,9-10,13,18H2,1H3. The van der Waals surface area contributed by atoms with Crippen LogP contribution in [-0.4, -0.2) is 23.4 Å². The van der Waals surface area contributed by atoms with Gasteiger partial charge in [0.1, 0.15) is 11.9 Å². The van der Waals surface area contributed by atoms with Gasteiger partial charge in [0.05, 0.1) is 5.60 Å². The van der Waals surface area contributed by atoms with Gasteiger partial charge in [-0.05, 0) is 37.5 Å². The maximum atomic E-state index is 10.5. The molecule has 0 spiro atoms. The van der Waals surface area contributed by atoms with Gasteiger partial charge in [-0.3, -0.25) is 0 Å². The number of hydrogen-bond acceptors (Lipinski definition) is 3. The summed E-state index contributed by atoms with van der Waals surface area (Å²) in [6, 6.07) is 7.89. The smallest absolute Gasteiger partial charge is 0.120 e. The second-order valence-corrected chi connectivity index (χ2v) is 5.73. The van der Waals surface area contributed by atoms with Crippen LogP contribution in [0.4, 0.5) is 0 Å². The largest absolute Gasteiger partial charge is 0.489 e. The van der Waals surface area contributed by atoms with Crippen LogP contribution in [-0.2, 0) is 0 Å². The number of nitrogens with two attached hydrogens (primary N) is 1. The molecular weight excluding hydrogens is 250 g/mol. The van der Waals surface area contributed by atoms with Gasteiger partial charge in [-0.15, -0.1) is 0 Å². The van der Waals surface area contributed by atoms with Crippen LogP contribution in [0.1, 0.15) is 44.6 Å². The number of hydrogen-bond donors (Lipinski definition) is 2. The molecule has 1 unspecified atom stereocenters. The molecule has 1 saturated carbocycles. The Bertz CT molecular complexity index is 450. The second kappa shape index (κ2) is 6.91. The summed E-state index contributed by atoms with van der Waals surface area (Å²) in [5.74, 6) is 0.820. The molecule has 1 fully saturated rings. The summed E-state index contributed by atoms with van der Waals surface area (Å²) in [7, 11) is 0. The molecule has 110 valence electrons. The first kappa shape index (κ1) is 15.1. The van der Waals surface area contributed by atoms with E-state index in [-0.39, 0.29) is 6.10 Å². The van der Waals surface area contributed by atoms with Crippen molar-refractivity contribution in [1.82, 2.24) is 0 Å². The first-order valence-corrected chi connectivity index (χ1v) is 7.50. The summed E-state index contributed by atoms with van der Waals surface area (Å²) in [6.45, 7) is 2.45. The highest BCUT2D eigenvalue weighted by molar-refractivity contribution is 5.53. The molecule has 0 amide bonds. The van der Waals surface area contributed by atoms with E-state index in [4.69, 9.17) is 10.5 Å². The highest BCUT2D eigenvalue weighted by atomic mass is 16.5. The first-order chi connectivity index (χ1) is 9.61. The minimum Gasteiger partial charge on any atom is -0.489 e. The Morgan fingerprint density at radius 2 is 2.10 bits per heavy atom. The van der Waals surface area contributed by atoms with Gasteiger partial charge in [0.15, 0.2) is 0 Å². The molecule has 0 bridgehead atoms. The summed E-state index contributed by atoms with van der Waals surface area (Å²) < 4.78 is 5.70. The van der Waals surface area contributed by atoms with Gasteiger partial charge in [-0.2, -0.15) is 0 Å². The molecule has 1 aliphatic carbocycles. The molecule has 1 atom stereocenters. The number of aliphatic hydroxyl groups is 1. The van der Waals surface area contributed by atoms with Crippen LogP contribution >= 0.6 is 0 Å². The van der Waals surface area contributed by atoms with Crippen LogP contribution in [0.5, 0.6) is 5.75 Å². The molecule has 3 heteroatoms. The molecule has 0 saturated heterocycles. The fourth-order valence-corrected chi connectivity index (χ4v) is 2.55. The first-order valence-electron chi connectivity index (χ1n) is 7.50. The van der Waals surface area contributed by atoms with E-state index < -0.39 is 5.60 Å². The highest BCUT2D eigenvalue weighted by Gasteiger charge is 2.25. The molecule has 20 heavy (non-hydrogen) atoms. The van der Waals surface area contributed by atoms with Crippen molar-refractivity contribution >= 4 is 6.08 Å². The van der Waals surface area contributed by atoms with Crippen LogP contribution < -0.4 is 10.5 Å². The van der Waals surface area contributed by atoms with Crippen molar-refractivity contribution in [2.45, 2.75) is 50.7 Å². The third-order valence-corrected chi connectivity index (χ3v) is 3.83. The molecule has 0 aromatic heterocycles. The maximum Gasteiger partial charge on any atom is 0.120 e. The van der Waals surface area contributed by atoms with Gasteiger partial charge in [-0.1, -0.05) is 43.5 Å². The fourth-order valence-electron chi connectivity index (χ4n) is 2.55. The lowest BCUT2D eigenvalue weighted by Crippen LogP contribution is -2.28. The van der Waals surface area contributed by atoms with Gasteiger partial charge in [0, 0.05) is 6.54 Å². The maximum absolute atomic E-state index is 10.5. The summed E-state index contributed by atoms with van der Waals surface area (Å²) in [4.78, 5) is 0. The van der Waals surface area contributed by atoms with Crippen molar-refractivity contribution in [3.8, 4) is 5.75 Å². The zero-order valence-electron chi connectivity index (χ0n) is 12.2. The Morgan fingerprint density at radius 1 is 1.35 bits per heavy atom. The van der Waals surface area contributed by atoms with E-state index in [1.165, 1.54) is 6.42 Å². The van der Waals surface area contributed by atoms with Crippen molar-refractivity contribution in [2.24, 2.45) is 5.73 Å². The molecule has 0 aliphatic heterocycles. The molecule has 3 N–H and O–H groups in total. The lowest BCUT2D eigenvalue weighted by Gasteiger charge is -2.28. The number of rotatable bonds is 5. The van der Waals surface area contributed by atoms with Gasteiger partial charge < -0.3 is 15.6 Å². The predicted molar refractivity (Wildman–Crippen MR) is 82.7 cm³/mol. The van der Waals surface area contributed by atoms with Crippen LogP contribution in [0.3, 0.4) is 0 Å². The monoisotopic (exact) mass is 275 g/mol. The van der Waals surface area contributed by atoms with Gasteiger partial charge in [0.2, 0.25) is 0 Å². The lowest BCUT2D eigenvalue weighted by molar-refractivity contribution is 0.0521. The van der Waals surface area contributed by atoms with Crippen molar-refractivity contribution in [3.63, 3.8) is 0 Å². The molecule has 0 radical (unpaired) electrons. The number of ether oxygens (including phenoxy) is 1. The van der Waals surface area contributed by atoms with Crippen molar-refractivity contribution in [2.75, 3.05) is 6.54 Å². The van der Waals surface area contributed by atoms with Crippen molar-refractivity contribution < 1.29 is 9.84 Å². The predicted octanol–water partition coefficient (Wildman–Crippen LogP) is 3.12. The minimum absolute atomic E-state index is 0.0109. The molecular formula is C17H25NO2. The topological polar surface area (TPSA) is 55.5 Å². The Kier molecular flexibility index (Phi) is 5.21. The Hall–Kier alpha value is -1.32. The van der Waals surface area contributed by atoms with E-state index in [0.717, 1.165) is 37.0 Å². The van der Waals surface area contributed by atoms with Crippen LogP contribution in [0, 0.1) is 0 Å². The molecule has 0 heterocycles. The zero-order chi connectivity index (χ0) is 14.4. The number of benzene rings is 1. The van der Waals surface area contributed by atoms with E-state index in [1.807, 2.05) is 43.3 Å². The average Bonchev–Trinajstić information content (AvgIpc) is 2.46. The molecule has 3 nitrogen and oxygen atoms in total. The normalized spacial score (nSPS) is 19.9. The fraction of sp³-hybridized carbons (Fsp3) is 0.529. The molecule has 1 aromatic carbocycles. The highest BCUT2D eigenvalue weighted by Crippen LogP contribution is 2.30. The zero-order valence-corrected chi connectivity index (χ0v) is 12.2. The summed E-state index contributed by atoms with van der Waals surface area (Å²) in [5.41, 5.74) is 5.98. The van der Waals surface area contributed by atoms with Gasteiger partial charge in [-0.25, -0.2) is 0 Å². The van der Waals surface area contributed by atoms with Crippen LogP contribution in [0.15, 0.2) is 30.3 Å². The quantitative estimate of drug-likeness (QED) is 0.868. The van der Waals surface area contributed by atoms with E-state index in [2.05, 4.69) is 0 Å². The summed E-state index contributed by atoms with van der Waals surface area (Å²) in [6.07, 6.45) is 9.13. The Labute approximate surface area is 121 Å². The van der Waals surface area contributed by atoms with E-state index in [0.29, 0.717) is 6.54 Å². The van der Waals surface area contributed by atoms with Gasteiger partial charge >= 0.3 is 0 Å². The van der Waals surface area contributed by atoms with E-state index >= 15 is 0 Å². The van der Waals surface area contributed by atoms with E-state index in [1.54, 1.807) is 0 Å². The summed E-state index contributed by atoms with van der Waals surface area (Å²) >= 11 is 0. The minimum atomic E-state index is -0.625. The van der Waals surface area contributed by atoms with Crippen LogP contribution in [0.25, 0.3) is 6.08 Å². The Morgan fingerprint density at radius 3 is 2.80 bits per heavy atom. The molecule has 1 aliphatic rings. The third-order valence-electron chi connectivity index (χ3n) is 3.83. The SMILES string of the molecule is CC(CN)Oc1cccc(C=CC2(O)CCCCC2)c1. The molecule has 2 rings (SSSR count). The average molecular weight is 275 g/mol. The van der Waals surface area contributed by atoms with E-state index in [9.17, 15) is 5.11 Å². The second-order valence-electron chi connectivity index (χ2n) is 5.73. The summed E-state index contributed by atoms with van der Waals surface area (Å²) in [5, 5.41) is 10.5.